The molecule has 0 atom stereocenters. The Morgan fingerprint density at radius 2 is 1.77 bits per heavy atom. The molecule has 30 heavy (non-hydrogen) atoms. The minimum atomic E-state index is -0.424. The molecular formula is C23H19ClN2O4. The molecule has 1 aromatic heterocycles. The minimum Gasteiger partial charge on any atom is -0.461 e. The molecule has 2 aromatic carbocycles. The van der Waals surface area contributed by atoms with Crippen LogP contribution in [0.4, 0.5) is 0 Å². The molecule has 1 aliphatic heterocycles. The maximum absolute atomic E-state index is 12.3. The molecule has 0 spiro atoms. The van der Waals surface area contributed by atoms with E-state index in [2.05, 4.69) is 4.98 Å². The first-order valence-corrected chi connectivity index (χ1v) is 9.98. The van der Waals surface area contributed by atoms with Crippen LogP contribution < -0.4 is 0 Å². The van der Waals surface area contributed by atoms with Crippen molar-refractivity contribution >= 4 is 40.3 Å². The number of amides is 2. The molecule has 0 N–H and O–H groups in total. The van der Waals surface area contributed by atoms with Gasteiger partial charge in [0.1, 0.15) is 11.8 Å². The summed E-state index contributed by atoms with van der Waals surface area (Å²) in [6, 6.07) is 14.4. The average molecular weight is 423 g/mol. The van der Waals surface area contributed by atoms with E-state index in [1.165, 1.54) is 4.90 Å². The Bertz CT molecular complexity index is 1140. The Morgan fingerprint density at radius 1 is 1.07 bits per heavy atom. The summed E-state index contributed by atoms with van der Waals surface area (Å²) in [5, 5.41) is 1.22. The molecular weight excluding hydrogens is 404 g/mol. The molecule has 0 unspecified atom stereocenters. The van der Waals surface area contributed by atoms with Crippen LogP contribution in [0.5, 0.6) is 0 Å². The fourth-order valence-corrected chi connectivity index (χ4v) is 3.65. The van der Waals surface area contributed by atoms with Gasteiger partial charge in [-0.1, -0.05) is 35.9 Å². The Hall–Kier alpha value is -3.25. The quantitative estimate of drug-likeness (QED) is 0.336. The summed E-state index contributed by atoms with van der Waals surface area (Å²) in [4.78, 5) is 42.3. The third kappa shape index (κ3) is 3.91. The number of rotatable bonds is 6. The molecule has 2 amide bonds. The molecule has 152 valence electrons. The van der Waals surface area contributed by atoms with Gasteiger partial charge in [0, 0.05) is 23.9 Å². The number of nitrogens with zero attached hydrogens (tertiary/aromatic N) is 2. The summed E-state index contributed by atoms with van der Waals surface area (Å²) >= 11 is 6.22. The van der Waals surface area contributed by atoms with E-state index >= 15 is 0 Å². The van der Waals surface area contributed by atoms with Gasteiger partial charge in [-0.2, -0.15) is 0 Å². The number of esters is 1. The second-order valence-corrected chi connectivity index (χ2v) is 7.56. The Labute approximate surface area is 178 Å². The average Bonchev–Trinajstić information content (AvgIpc) is 2.97. The standard InChI is InChI=1S/C23H19ClN2O4/c1-14-8-9-15-12-16(21(24)25-19(15)11-14)13-30-20(27)7-4-10-26-22(28)17-5-2-3-6-18(17)23(26)29/h2-3,5-6,8-9,11-12H,4,7,10,13H2,1H3. The molecule has 0 aliphatic carbocycles. The van der Waals surface area contributed by atoms with Gasteiger partial charge in [0.2, 0.25) is 0 Å². The van der Waals surface area contributed by atoms with Crippen LogP contribution in [0.2, 0.25) is 5.15 Å². The van der Waals surface area contributed by atoms with Gasteiger partial charge in [-0.15, -0.1) is 0 Å². The van der Waals surface area contributed by atoms with Gasteiger partial charge in [0.25, 0.3) is 11.8 Å². The predicted molar refractivity (Wildman–Crippen MR) is 112 cm³/mol. The molecule has 0 radical (unpaired) electrons. The number of ether oxygens (including phenoxy) is 1. The number of carbonyl (C=O) groups excluding carboxylic acids is 3. The number of aromatic nitrogens is 1. The Morgan fingerprint density at radius 3 is 2.47 bits per heavy atom. The maximum atomic E-state index is 12.3. The lowest BCUT2D eigenvalue weighted by atomic mass is 10.1. The highest BCUT2D eigenvalue weighted by atomic mass is 35.5. The highest BCUT2D eigenvalue weighted by Gasteiger charge is 2.34. The fourth-order valence-electron chi connectivity index (χ4n) is 3.45. The first-order valence-electron chi connectivity index (χ1n) is 9.60. The van der Waals surface area contributed by atoms with Gasteiger partial charge in [0.15, 0.2) is 0 Å². The molecule has 0 saturated heterocycles. The number of hydrogen-bond acceptors (Lipinski definition) is 5. The minimum absolute atomic E-state index is 0.0154. The second kappa shape index (κ2) is 8.24. The molecule has 7 heteroatoms. The van der Waals surface area contributed by atoms with Gasteiger partial charge in [0.05, 0.1) is 16.6 Å². The molecule has 2 heterocycles. The second-order valence-electron chi connectivity index (χ2n) is 7.21. The normalized spacial score (nSPS) is 13.1. The van der Waals surface area contributed by atoms with E-state index in [9.17, 15) is 14.4 Å². The van der Waals surface area contributed by atoms with Crippen molar-refractivity contribution in [2.75, 3.05) is 6.54 Å². The van der Waals surface area contributed by atoms with Crippen molar-refractivity contribution in [3.63, 3.8) is 0 Å². The lowest BCUT2D eigenvalue weighted by Crippen LogP contribution is -2.31. The van der Waals surface area contributed by atoms with Crippen LogP contribution in [0.3, 0.4) is 0 Å². The molecule has 3 aromatic rings. The van der Waals surface area contributed by atoms with Crippen LogP contribution in [0.15, 0.2) is 48.5 Å². The van der Waals surface area contributed by atoms with Crippen molar-refractivity contribution in [2.45, 2.75) is 26.4 Å². The fraction of sp³-hybridized carbons (Fsp3) is 0.217. The van der Waals surface area contributed by atoms with Crippen LogP contribution in [0.1, 0.15) is 44.7 Å². The smallest absolute Gasteiger partial charge is 0.306 e. The van der Waals surface area contributed by atoms with E-state index < -0.39 is 5.97 Å². The Kier molecular flexibility index (Phi) is 5.50. The van der Waals surface area contributed by atoms with E-state index in [0.717, 1.165) is 16.5 Å². The summed E-state index contributed by atoms with van der Waals surface area (Å²) in [6.07, 6.45) is 0.415. The lowest BCUT2D eigenvalue weighted by Gasteiger charge is -2.13. The molecule has 0 bridgehead atoms. The van der Waals surface area contributed by atoms with Crippen molar-refractivity contribution in [3.8, 4) is 0 Å². The van der Waals surface area contributed by atoms with E-state index in [0.29, 0.717) is 28.3 Å². The summed E-state index contributed by atoms with van der Waals surface area (Å²) in [7, 11) is 0. The largest absolute Gasteiger partial charge is 0.461 e. The van der Waals surface area contributed by atoms with E-state index in [-0.39, 0.29) is 31.4 Å². The van der Waals surface area contributed by atoms with Crippen molar-refractivity contribution in [3.05, 3.63) is 75.9 Å². The molecule has 1 aliphatic rings. The summed E-state index contributed by atoms with van der Waals surface area (Å²) in [5.41, 5.74) is 3.30. The van der Waals surface area contributed by atoms with Crippen LogP contribution >= 0.6 is 11.6 Å². The van der Waals surface area contributed by atoms with Crippen molar-refractivity contribution in [1.82, 2.24) is 9.88 Å². The van der Waals surface area contributed by atoms with Gasteiger partial charge in [-0.3, -0.25) is 19.3 Å². The van der Waals surface area contributed by atoms with Crippen LogP contribution in [-0.2, 0) is 16.1 Å². The third-order valence-corrected chi connectivity index (χ3v) is 5.36. The van der Waals surface area contributed by atoms with E-state index in [1.54, 1.807) is 24.3 Å². The predicted octanol–water partition coefficient (Wildman–Crippen LogP) is 4.32. The van der Waals surface area contributed by atoms with Crippen molar-refractivity contribution < 1.29 is 19.1 Å². The zero-order valence-electron chi connectivity index (χ0n) is 16.4. The van der Waals surface area contributed by atoms with Gasteiger partial charge < -0.3 is 4.74 Å². The number of halogens is 1. The van der Waals surface area contributed by atoms with Gasteiger partial charge >= 0.3 is 5.97 Å². The zero-order valence-corrected chi connectivity index (χ0v) is 17.1. The first-order chi connectivity index (χ1) is 14.4. The molecule has 6 nitrogen and oxygen atoms in total. The Balaban J connectivity index is 1.30. The maximum Gasteiger partial charge on any atom is 0.306 e. The highest BCUT2D eigenvalue weighted by molar-refractivity contribution is 6.30. The van der Waals surface area contributed by atoms with Gasteiger partial charge in [-0.25, -0.2) is 4.98 Å². The number of pyridine rings is 1. The van der Waals surface area contributed by atoms with Crippen LogP contribution in [0, 0.1) is 6.92 Å². The lowest BCUT2D eigenvalue weighted by molar-refractivity contribution is -0.145. The zero-order chi connectivity index (χ0) is 21.3. The molecule has 0 fully saturated rings. The number of fused-ring (bicyclic) bond motifs is 2. The van der Waals surface area contributed by atoms with Crippen LogP contribution in [0.25, 0.3) is 10.9 Å². The van der Waals surface area contributed by atoms with Gasteiger partial charge in [-0.05, 0) is 43.2 Å². The summed E-state index contributed by atoms with van der Waals surface area (Å²) < 4.78 is 5.31. The molecule has 0 saturated carbocycles. The highest BCUT2D eigenvalue weighted by Crippen LogP contribution is 2.24. The summed E-state index contributed by atoms with van der Waals surface area (Å²) in [6.45, 7) is 2.16. The number of aryl methyl sites for hydroxylation is 1. The number of carbonyl (C=O) groups is 3. The topological polar surface area (TPSA) is 76.6 Å². The third-order valence-electron chi connectivity index (χ3n) is 5.03. The van der Waals surface area contributed by atoms with E-state index in [1.807, 2.05) is 31.2 Å². The number of hydrogen-bond donors (Lipinski definition) is 0. The van der Waals surface area contributed by atoms with Crippen molar-refractivity contribution in [1.29, 1.82) is 0 Å². The van der Waals surface area contributed by atoms with Crippen LogP contribution in [-0.4, -0.2) is 34.2 Å². The monoisotopic (exact) mass is 422 g/mol. The SMILES string of the molecule is Cc1ccc2cc(COC(=O)CCCN3C(=O)c4ccccc4C3=O)c(Cl)nc2c1. The summed E-state index contributed by atoms with van der Waals surface area (Å²) in [5.74, 6) is -1.08. The number of imide groups is 1. The van der Waals surface area contributed by atoms with E-state index in [4.69, 9.17) is 16.3 Å². The molecule has 4 rings (SSSR count). The number of benzene rings is 2. The first kappa shape index (κ1) is 20.0. The van der Waals surface area contributed by atoms with Crippen molar-refractivity contribution in [2.24, 2.45) is 0 Å².